The van der Waals surface area contributed by atoms with E-state index in [0.29, 0.717) is 23.7 Å². The van der Waals surface area contributed by atoms with E-state index >= 15 is 0 Å². The monoisotopic (exact) mass is 484 g/mol. The molecule has 0 spiro atoms. The van der Waals surface area contributed by atoms with Crippen molar-refractivity contribution in [3.8, 4) is 6.19 Å². The average Bonchev–Trinajstić information content (AvgIpc) is 3.22. The minimum atomic E-state index is -0.723. The topological polar surface area (TPSA) is 101 Å². The first kappa shape index (κ1) is 23.5. The van der Waals surface area contributed by atoms with Gasteiger partial charge in [0, 0.05) is 19.6 Å². The quantitative estimate of drug-likeness (QED) is 0.223. The maximum absolute atomic E-state index is 13.1. The molecule has 1 aromatic carbocycles. The molecule has 3 rings (SSSR count). The third kappa shape index (κ3) is 6.16. The second-order valence-electron chi connectivity index (χ2n) is 7.44. The molecule has 2 heterocycles. The predicted molar refractivity (Wildman–Crippen MR) is 121 cm³/mol. The first-order valence-corrected chi connectivity index (χ1v) is 11.2. The summed E-state index contributed by atoms with van der Waals surface area (Å²) in [5, 5.41) is 15.3. The lowest BCUT2D eigenvalue weighted by atomic mass is 10.1. The van der Waals surface area contributed by atoms with Gasteiger partial charge in [-0.25, -0.2) is 4.99 Å². The van der Waals surface area contributed by atoms with Gasteiger partial charge in [0.25, 0.3) is 0 Å². The molecule has 1 unspecified atom stereocenters. The number of amides is 2. The minimum Gasteiger partial charge on any atom is -0.341 e. The number of carbonyl (C=O) groups is 2. The molecule has 2 aliphatic rings. The molecular weight excluding hydrogens is 463 g/mol. The zero-order chi connectivity index (χ0) is 22.4. The van der Waals surface area contributed by atoms with Crippen molar-refractivity contribution in [2.45, 2.75) is 38.1 Å². The van der Waals surface area contributed by atoms with Gasteiger partial charge in [0.05, 0.1) is 27.3 Å². The van der Waals surface area contributed by atoms with Crippen molar-refractivity contribution in [3.05, 3.63) is 27.2 Å². The Morgan fingerprint density at radius 2 is 1.77 bits per heavy atom. The van der Waals surface area contributed by atoms with Gasteiger partial charge < -0.3 is 15.1 Å². The summed E-state index contributed by atoms with van der Waals surface area (Å²) in [6, 6.07) is 2.26. The van der Waals surface area contributed by atoms with Crippen LogP contribution >= 0.6 is 34.8 Å². The van der Waals surface area contributed by atoms with Gasteiger partial charge >= 0.3 is 0 Å². The predicted octanol–water partition coefficient (Wildman–Crippen LogP) is 3.49. The standard InChI is InChI=1S/C20H23Cl3N6O2/c21-13-9-15(23)17(10-14(13)22)27-20(25-12-24)26-16-5-1-2-8-29(19(16)31)11-18(30)28-6-3-4-7-28/h9-10,16H,1-8,11H2,(H2,25,26,27). The summed E-state index contributed by atoms with van der Waals surface area (Å²) in [4.78, 5) is 33.4. The molecule has 1 aromatic rings. The molecule has 2 fully saturated rings. The fourth-order valence-corrected chi connectivity index (χ4v) is 4.24. The molecule has 1 atom stereocenters. The van der Waals surface area contributed by atoms with E-state index in [-0.39, 0.29) is 34.4 Å². The maximum Gasteiger partial charge on any atom is 0.247 e. The second kappa shape index (κ2) is 10.9. The van der Waals surface area contributed by atoms with E-state index in [4.69, 9.17) is 40.1 Å². The van der Waals surface area contributed by atoms with Crippen LogP contribution in [0.2, 0.25) is 15.1 Å². The molecule has 2 aliphatic heterocycles. The van der Waals surface area contributed by atoms with Crippen molar-refractivity contribution in [2.75, 3.05) is 31.5 Å². The van der Waals surface area contributed by atoms with Gasteiger partial charge in [-0.15, -0.1) is 0 Å². The molecule has 31 heavy (non-hydrogen) atoms. The first-order valence-electron chi connectivity index (χ1n) is 10.1. The summed E-state index contributed by atoms with van der Waals surface area (Å²) in [5.41, 5.74) is 0.389. The van der Waals surface area contributed by atoms with Crippen LogP contribution in [0.25, 0.3) is 0 Å². The van der Waals surface area contributed by atoms with E-state index in [1.165, 1.54) is 12.1 Å². The highest BCUT2D eigenvalue weighted by Crippen LogP contribution is 2.32. The van der Waals surface area contributed by atoms with Crippen molar-refractivity contribution < 1.29 is 9.59 Å². The van der Waals surface area contributed by atoms with E-state index in [2.05, 4.69) is 15.6 Å². The number of hydrogen-bond donors (Lipinski definition) is 2. The zero-order valence-corrected chi connectivity index (χ0v) is 19.1. The summed E-state index contributed by atoms with van der Waals surface area (Å²) in [7, 11) is 0. The average molecular weight is 486 g/mol. The van der Waals surface area contributed by atoms with Crippen LogP contribution < -0.4 is 10.6 Å². The number of rotatable bonds is 4. The Labute approximate surface area is 196 Å². The van der Waals surface area contributed by atoms with Crippen LogP contribution in [0.1, 0.15) is 32.1 Å². The van der Waals surface area contributed by atoms with Crippen LogP contribution in [0.3, 0.4) is 0 Å². The number of nitrogens with zero attached hydrogens (tertiary/aromatic N) is 4. The number of guanidine groups is 1. The van der Waals surface area contributed by atoms with Crippen LogP contribution in [0.4, 0.5) is 5.69 Å². The van der Waals surface area contributed by atoms with Crippen molar-refractivity contribution in [1.82, 2.24) is 15.1 Å². The van der Waals surface area contributed by atoms with Gasteiger partial charge in [0.1, 0.15) is 6.04 Å². The normalized spacial score (nSPS) is 19.7. The van der Waals surface area contributed by atoms with E-state index in [1.807, 2.05) is 0 Å². The van der Waals surface area contributed by atoms with Gasteiger partial charge in [0.2, 0.25) is 17.8 Å². The van der Waals surface area contributed by atoms with Crippen LogP contribution in [0.15, 0.2) is 17.1 Å². The van der Waals surface area contributed by atoms with E-state index in [9.17, 15) is 9.59 Å². The fourth-order valence-electron chi connectivity index (χ4n) is 3.64. The third-order valence-electron chi connectivity index (χ3n) is 5.26. The van der Waals surface area contributed by atoms with Crippen LogP contribution in [0, 0.1) is 11.5 Å². The highest BCUT2D eigenvalue weighted by Gasteiger charge is 2.30. The van der Waals surface area contributed by atoms with E-state index in [0.717, 1.165) is 38.8 Å². The number of carbonyl (C=O) groups excluding carboxylic acids is 2. The summed E-state index contributed by atoms with van der Waals surface area (Å²) in [5.74, 6) is -0.204. The number of nitrogens with one attached hydrogen (secondary N) is 2. The number of nitriles is 1. The van der Waals surface area contributed by atoms with Crippen LogP contribution in [0.5, 0.6) is 0 Å². The summed E-state index contributed by atoms with van der Waals surface area (Å²) in [6.07, 6.45) is 5.88. The summed E-state index contributed by atoms with van der Waals surface area (Å²) in [6.45, 7) is 2.05. The van der Waals surface area contributed by atoms with Gasteiger partial charge in [-0.2, -0.15) is 5.26 Å². The zero-order valence-electron chi connectivity index (χ0n) is 16.8. The molecule has 0 radical (unpaired) electrons. The Kier molecular flexibility index (Phi) is 8.24. The molecule has 0 bridgehead atoms. The SMILES string of the molecule is N#CNC(=NC1CCCCN(CC(=O)N2CCCC2)C1=O)Nc1cc(Cl)c(Cl)cc1Cl. The van der Waals surface area contributed by atoms with Crippen molar-refractivity contribution in [2.24, 2.45) is 4.99 Å². The lowest BCUT2D eigenvalue weighted by Gasteiger charge is -2.25. The Bertz CT molecular complexity index is 911. The molecule has 2 N–H and O–H groups in total. The number of aliphatic imine (C=N–C) groups is 1. The molecule has 0 aliphatic carbocycles. The van der Waals surface area contributed by atoms with Crippen LogP contribution in [-0.2, 0) is 9.59 Å². The number of likely N-dealkylation sites (tertiary alicyclic amines) is 2. The molecule has 166 valence electrons. The van der Waals surface area contributed by atoms with E-state index in [1.54, 1.807) is 16.0 Å². The van der Waals surface area contributed by atoms with Crippen molar-refractivity contribution in [3.63, 3.8) is 0 Å². The minimum absolute atomic E-state index is 0.0356. The smallest absolute Gasteiger partial charge is 0.247 e. The first-order chi connectivity index (χ1) is 14.9. The third-order valence-corrected chi connectivity index (χ3v) is 6.29. The molecule has 2 amide bonds. The van der Waals surface area contributed by atoms with Gasteiger partial charge in [-0.05, 0) is 44.2 Å². The molecule has 2 saturated heterocycles. The highest BCUT2D eigenvalue weighted by atomic mass is 35.5. The molecule has 11 heteroatoms. The lowest BCUT2D eigenvalue weighted by molar-refractivity contribution is -0.140. The molecule has 0 aromatic heterocycles. The van der Waals surface area contributed by atoms with Gasteiger partial charge in [-0.3, -0.25) is 14.9 Å². The molecular formula is C20H23Cl3N6O2. The van der Waals surface area contributed by atoms with Gasteiger partial charge in [0.15, 0.2) is 6.19 Å². The van der Waals surface area contributed by atoms with Gasteiger partial charge in [-0.1, -0.05) is 34.8 Å². The Balaban J connectivity index is 1.76. The molecule has 0 saturated carbocycles. The number of halogens is 3. The summed E-state index contributed by atoms with van der Waals surface area (Å²) >= 11 is 18.2. The number of anilines is 1. The van der Waals surface area contributed by atoms with Crippen LogP contribution in [-0.4, -0.2) is 59.8 Å². The number of hydrogen-bond acceptors (Lipinski definition) is 4. The Morgan fingerprint density at radius 3 is 2.48 bits per heavy atom. The molecule has 8 nitrogen and oxygen atoms in total. The summed E-state index contributed by atoms with van der Waals surface area (Å²) < 4.78 is 0. The second-order valence-corrected chi connectivity index (χ2v) is 8.67. The van der Waals surface area contributed by atoms with E-state index < -0.39 is 6.04 Å². The largest absolute Gasteiger partial charge is 0.341 e. The fraction of sp³-hybridized carbons (Fsp3) is 0.500. The highest BCUT2D eigenvalue weighted by molar-refractivity contribution is 6.44. The Morgan fingerprint density at radius 1 is 1.10 bits per heavy atom. The lowest BCUT2D eigenvalue weighted by Crippen LogP contribution is -2.45. The van der Waals surface area contributed by atoms with Crippen molar-refractivity contribution in [1.29, 1.82) is 5.26 Å². The number of benzene rings is 1. The Hall–Kier alpha value is -2.21. The van der Waals surface area contributed by atoms with Crippen molar-refractivity contribution >= 4 is 58.3 Å². The maximum atomic E-state index is 13.1.